The summed E-state index contributed by atoms with van der Waals surface area (Å²) in [5.41, 5.74) is 0. The fraction of sp³-hybridized carbons (Fsp3) is 0.778. The molecule has 0 saturated heterocycles. The van der Waals surface area contributed by atoms with Crippen molar-refractivity contribution in [2.24, 2.45) is 0 Å². The predicted molar refractivity (Wildman–Crippen MR) is 61.9 cm³/mol. The van der Waals surface area contributed by atoms with Crippen LogP contribution in [0.25, 0.3) is 0 Å². The van der Waals surface area contributed by atoms with Crippen LogP contribution in [0.2, 0.25) is 0 Å². The maximum atomic E-state index is 11.3. The van der Waals surface area contributed by atoms with Crippen LogP contribution in [0.15, 0.2) is 0 Å². The molecule has 0 rings (SSSR count). The number of amides is 1. The van der Waals surface area contributed by atoms with Gasteiger partial charge in [-0.25, -0.2) is 13.1 Å². The maximum Gasteiger partial charge on any atom is 0.303 e. The van der Waals surface area contributed by atoms with Gasteiger partial charge in [0, 0.05) is 12.5 Å². The van der Waals surface area contributed by atoms with E-state index in [1.54, 1.807) is 13.8 Å². The van der Waals surface area contributed by atoms with E-state index in [1.165, 1.54) is 0 Å². The van der Waals surface area contributed by atoms with Crippen molar-refractivity contribution in [3.05, 3.63) is 0 Å². The van der Waals surface area contributed by atoms with Crippen molar-refractivity contribution in [2.45, 2.75) is 32.7 Å². The van der Waals surface area contributed by atoms with Gasteiger partial charge in [-0.05, 0) is 20.3 Å². The molecule has 7 nitrogen and oxygen atoms in total. The van der Waals surface area contributed by atoms with Crippen LogP contribution in [0.3, 0.4) is 0 Å². The van der Waals surface area contributed by atoms with E-state index in [2.05, 4.69) is 10.0 Å². The molecular formula is C9H18N2O5S. The molecule has 0 fully saturated rings. The zero-order valence-corrected chi connectivity index (χ0v) is 10.7. The van der Waals surface area contributed by atoms with E-state index < -0.39 is 21.9 Å². The standard InChI is InChI=1S/C9H18N2O5S/c1-7(2)11-8(12)6-10-17(15,16)5-3-4-9(13)14/h7,10H,3-6H2,1-2H3,(H,11,12)(H,13,14). The van der Waals surface area contributed by atoms with Crippen LogP contribution >= 0.6 is 0 Å². The summed E-state index contributed by atoms with van der Waals surface area (Å²) >= 11 is 0. The van der Waals surface area contributed by atoms with Gasteiger partial charge in [0.05, 0.1) is 12.3 Å². The molecule has 100 valence electrons. The second kappa shape index (κ2) is 7.23. The first kappa shape index (κ1) is 15.9. The Hall–Kier alpha value is -1.15. The third kappa shape index (κ3) is 9.76. The van der Waals surface area contributed by atoms with Crippen molar-refractivity contribution in [1.82, 2.24) is 10.0 Å². The fourth-order valence-electron chi connectivity index (χ4n) is 1.03. The third-order valence-electron chi connectivity index (χ3n) is 1.71. The van der Waals surface area contributed by atoms with Gasteiger partial charge in [0.25, 0.3) is 0 Å². The zero-order valence-electron chi connectivity index (χ0n) is 9.89. The lowest BCUT2D eigenvalue weighted by atomic mass is 10.3. The van der Waals surface area contributed by atoms with E-state index in [-0.39, 0.29) is 31.2 Å². The minimum atomic E-state index is -3.58. The maximum absolute atomic E-state index is 11.3. The highest BCUT2D eigenvalue weighted by molar-refractivity contribution is 7.89. The number of hydrogen-bond acceptors (Lipinski definition) is 4. The quantitative estimate of drug-likeness (QED) is 0.537. The third-order valence-corrected chi connectivity index (χ3v) is 3.12. The molecule has 0 aliphatic rings. The molecule has 0 unspecified atom stereocenters. The Bertz CT molecular complexity index is 364. The monoisotopic (exact) mass is 266 g/mol. The van der Waals surface area contributed by atoms with E-state index >= 15 is 0 Å². The topological polar surface area (TPSA) is 113 Å². The van der Waals surface area contributed by atoms with Crippen molar-refractivity contribution in [3.63, 3.8) is 0 Å². The Balaban J connectivity index is 3.93. The SMILES string of the molecule is CC(C)NC(=O)CNS(=O)(=O)CCCC(=O)O. The number of aliphatic carboxylic acids is 1. The lowest BCUT2D eigenvalue weighted by molar-refractivity contribution is -0.137. The second-order valence-electron chi connectivity index (χ2n) is 3.86. The highest BCUT2D eigenvalue weighted by Gasteiger charge is 2.13. The molecule has 0 aromatic heterocycles. The molecule has 0 aromatic rings. The van der Waals surface area contributed by atoms with Crippen molar-refractivity contribution in [1.29, 1.82) is 0 Å². The number of nitrogens with one attached hydrogen (secondary N) is 2. The number of rotatable bonds is 8. The molecular weight excluding hydrogens is 248 g/mol. The van der Waals surface area contributed by atoms with Crippen LogP contribution in [0.4, 0.5) is 0 Å². The van der Waals surface area contributed by atoms with Crippen molar-refractivity contribution < 1.29 is 23.1 Å². The van der Waals surface area contributed by atoms with Gasteiger partial charge in [0.2, 0.25) is 15.9 Å². The normalized spacial score (nSPS) is 11.5. The van der Waals surface area contributed by atoms with Gasteiger partial charge >= 0.3 is 5.97 Å². The smallest absolute Gasteiger partial charge is 0.303 e. The van der Waals surface area contributed by atoms with E-state index in [4.69, 9.17) is 5.11 Å². The van der Waals surface area contributed by atoms with Gasteiger partial charge in [-0.2, -0.15) is 0 Å². The Morgan fingerprint density at radius 2 is 1.88 bits per heavy atom. The largest absolute Gasteiger partial charge is 0.481 e. The van der Waals surface area contributed by atoms with Crippen molar-refractivity contribution in [3.8, 4) is 0 Å². The van der Waals surface area contributed by atoms with Crippen LogP contribution in [-0.2, 0) is 19.6 Å². The van der Waals surface area contributed by atoms with E-state index in [0.717, 1.165) is 0 Å². The summed E-state index contributed by atoms with van der Waals surface area (Å²) in [6.07, 6.45) is -0.185. The van der Waals surface area contributed by atoms with Gasteiger partial charge in [-0.15, -0.1) is 0 Å². The number of carbonyl (C=O) groups is 2. The Morgan fingerprint density at radius 3 is 2.35 bits per heavy atom. The summed E-state index contributed by atoms with van der Waals surface area (Å²) < 4.78 is 24.7. The molecule has 0 aliphatic carbocycles. The molecule has 1 amide bonds. The van der Waals surface area contributed by atoms with Gasteiger partial charge < -0.3 is 10.4 Å². The molecule has 8 heteroatoms. The number of carbonyl (C=O) groups excluding carboxylic acids is 1. The van der Waals surface area contributed by atoms with Crippen molar-refractivity contribution >= 4 is 21.9 Å². The average Bonchev–Trinajstić information content (AvgIpc) is 2.13. The van der Waals surface area contributed by atoms with Crippen LogP contribution in [-0.4, -0.2) is 43.7 Å². The predicted octanol–water partition coefficient (Wildman–Crippen LogP) is -0.705. The summed E-state index contributed by atoms with van der Waals surface area (Å²) in [6.45, 7) is 3.20. The molecule has 0 saturated carbocycles. The number of hydrogen-bond donors (Lipinski definition) is 3. The van der Waals surface area contributed by atoms with E-state index in [1.807, 2.05) is 0 Å². The summed E-state index contributed by atoms with van der Waals surface area (Å²) in [5, 5.41) is 10.9. The zero-order chi connectivity index (χ0) is 13.5. The summed E-state index contributed by atoms with van der Waals surface area (Å²) in [7, 11) is -3.58. The Morgan fingerprint density at radius 1 is 1.29 bits per heavy atom. The molecule has 0 aliphatic heterocycles. The molecule has 0 aromatic carbocycles. The van der Waals surface area contributed by atoms with Crippen LogP contribution in [0.5, 0.6) is 0 Å². The highest BCUT2D eigenvalue weighted by Crippen LogP contribution is 1.94. The molecule has 0 spiro atoms. The van der Waals surface area contributed by atoms with Crippen LogP contribution < -0.4 is 10.0 Å². The first-order valence-electron chi connectivity index (χ1n) is 5.21. The van der Waals surface area contributed by atoms with Gasteiger partial charge in [-0.1, -0.05) is 0 Å². The summed E-state index contributed by atoms with van der Waals surface area (Å²) in [6, 6.07) is -0.0565. The first-order valence-corrected chi connectivity index (χ1v) is 6.86. The number of carboxylic acid groups (broad SMARTS) is 1. The van der Waals surface area contributed by atoms with E-state index in [0.29, 0.717) is 0 Å². The second-order valence-corrected chi connectivity index (χ2v) is 5.79. The molecule has 0 bridgehead atoms. The van der Waals surface area contributed by atoms with Crippen LogP contribution in [0.1, 0.15) is 26.7 Å². The lowest BCUT2D eigenvalue weighted by Gasteiger charge is -2.09. The van der Waals surface area contributed by atoms with E-state index in [9.17, 15) is 18.0 Å². The molecule has 0 heterocycles. The van der Waals surface area contributed by atoms with Gasteiger partial charge in [0.15, 0.2) is 0 Å². The summed E-state index contributed by atoms with van der Waals surface area (Å²) in [5.74, 6) is -1.76. The Kier molecular flexibility index (Phi) is 6.74. The average molecular weight is 266 g/mol. The Labute approximate surface area is 101 Å². The fourth-order valence-corrected chi connectivity index (χ4v) is 2.05. The lowest BCUT2D eigenvalue weighted by Crippen LogP contribution is -2.40. The summed E-state index contributed by atoms with van der Waals surface area (Å²) in [4.78, 5) is 21.3. The van der Waals surface area contributed by atoms with Crippen LogP contribution in [0, 0.1) is 0 Å². The molecule has 0 radical (unpaired) electrons. The molecule has 3 N–H and O–H groups in total. The molecule has 0 atom stereocenters. The number of sulfonamides is 1. The van der Waals surface area contributed by atoms with Gasteiger partial charge in [-0.3, -0.25) is 9.59 Å². The minimum Gasteiger partial charge on any atom is -0.481 e. The van der Waals surface area contributed by atoms with Crippen molar-refractivity contribution in [2.75, 3.05) is 12.3 Å². The minimum absolute atomic E-state index is 0.0243. The highest BCUT2D eigenvalue weighted by atomic mass is 32.2. The first-order chi connectivity index (χ1) is 7.73. The molecule has 17 heavy (non-hydrogen) atoms. The number of carboxylic acids is 1. The van der Waals surface area contributed by atoms with Gasteiger partial charge in [0.1, 0.15) is 0 Å².